The molecule has 0 spiro atoms. The minimum absolute atomic E-state index is 0.0757. The molecule has 23 heavy (non-hydrogen) atoms. The van der Waals surface area contributed by atoms with E-state index in [0.717, 1.165) is 22.4 Å². The highest BCUT2D eigenvalue weighted by Gasteiger charge is 2.14. The average Bonchev–Trinajstić information content (AvgIpc) is 2.61. The molecule has 0 amide bonds. The van der Waals surface area contributed by atoms with Gasteiger partial charge >= 0.3 is 0 Å². The van der Waals surface area contributed by atoms with Crippen LogP contribution in [0.15, 0.2) is 54.7 Å². The van der Waals surface area contributed by atoms with Gasteiger partial charge in [-0.25, -0.2) is 4.57 Å². The van der Waals surface area contributed by atoms with E-state index in [1.54, 1.807) is 19.1 Å². The van der Waals surface area contributed by atoms with E-state index in [1.165, 1.54) is 0 Å². The Balaban J connectivity index is 2.27. The third-order valence-corrected chi connectivity index (χ3v) is 4.31. The Labute approximate surface area is 147 Å². The molecule has 0 aliphatic carbocycles. The van der Waals surface area contributed by atoms with Crippen LogP contribution in [0.3, 0.4) is 0 Å². The van der Waals surface area contributed by atoms with E-state index in [0.29, 0.717) is 11.1 Å². The first kappa shape index (κ1) is 9.67. The molecule has 3 rings (SSSR count). The van der Waals surface area contributed by atoms with Crippen LogP contribution in [-0.2, 0) is 7.05 Å². The summed E-state index contributed by atoms with van der Waals surface area (Å²) in [5.74, 6) is 0. The number of nitrogens with zero attached hydrogens (tertiary/aromatic N) is 1. The first-order valence-corrected chi connectivity index (χ1v) is 7.61. The number of rotatable bonds is 2. The van der Waals surface area contributed by atoms with E-state index in [4.69, 9.17) is 8.22 Å². The van der Waals surface area contributed by atoms with E-state index in [1.807, 2.05) is 61.1 Å². The van der Waals surface area contributed by atoms with E-state index < -0.39 is 13.7 Å². The molecular formula is C22H24N+. The third kappa shape index (κ3) is 2.92. The van der Waals surface area contributed by atoms with Gasteiger partial charge in [-0.3, -0.25) is 0 Å². The summed E-state index contributed by atoms with van der Waals surface area (Å²) < 4.78 is 49.1. The molecule has 0 atom stereocenters. The topological polar surface area (TPSA) is 3.88 Å². The van der Waals surface area contributed by atoms with Crippen molar-refractivity contribution in [1.82, 2.24) is 0 Å². The maximum Gasteiger partial charge on any atom is 0.213 e. The molecule has 0 aliphatic rings. The Morgan fingerprint density at radius 3 is 2.17 bits per heavy atom. The number of hydrogen-bond acceptors (Lipinski definition) is 0. The lowest BCUT2D eigenvalue weighted by Crippen LogP contribution is -2.30. The standard InChI is InChI=1S/C22H24N/c1-15-8-6-7-9-21(15)22-14-19(10-11-23(22)5)20-12-16(2)18(4)17(3)13-20/h6-14H,1-5H3/q+1/i2D3,3D3. The summed E-state index contributed by atoms with van der Waals surface area (Å²) in [4.78, 5) is 0. The summed E-state index contributed by atoms with van der Waals surface area (Å²) in [6, 6.07) is 15.1. The van der Waals surface area contributed by atoms with E-state index >= 15 is 0 Å². The highest BCUT2D eigenvalue weighted by molar-refractivity contribution is 5.71. The number of hydrogen-bond donors (Lipinski definition) is 0. The van der Waals surface area contributed by atoms with Crippen LogP contribution in [0.1, 0.15) is 30.5 Å². The second-order valence-corrected chi connectivity index (χ2v) is 5.92. The fraction of sp³-hybridized carbons (Fsp3) is 0.227. The molecule has 1 heteroatoms. The minimum Gasteiger partial charge on any atom is -0.201 e. The van der Waals surface area contributed by atoms with Crippen molar-refractivity contribution in [3.63, 3.8) is 0 Å². The molecule has 0 radical (unpaired) electrons. The highest BCUT2D eigenvalue weighted by atomic mass is 14.9. The van der Waals surface area contributed by atoms with Gasteiger partial charge < -0.3 is 0 Å². The number of aromatic nitrogens is 1. The molecule has 0 saturated carbocycles. The molecule has 0 N–H and O–H groups in total. The van der Waals surface area contributed by atoms with Crippen LogP contribution in [0, 0.1) is 27.6 Å². The van der Waals surface area contributed by atoms with E-state index in [2.05, 4.69) is 0 Å². The minimum atomic E-state index is -2.39. The third-order valence-electron chi connectivity index (χ3n) is 4.31. The van der Waals surface area contributed by atoms with E-state index in [-0.39, 0.29) is 11.1 Å². The molecule has 1 aromatic heterocycles. The Hall–Kier alpha value is -2.41. The Kier molecular flexibility index (Phi) is 2.52. The second kappa shape index (κ2) is 6.00. The fourth-order valence-corrected chi connectivity index (χ4v) is 2.76. The van der Waals surface area contributed by atoms with Crippen LogP contribution in [0.2, 0.25) is 0 Å². The zero-order chi connectivity index (χ0) is 21.6. The highest BCUT2D eigenvalue weighted by Crippen LogP contribution is 2.28. The summed E-state index contributed by atoms with van der Waals surface area (Å²) in [5, 5.41) is 0. The maximum atomic E-state index is 7.86. The Morgan fingerprint density at radius 1 is 0.826 bits per heavy atom. The quantitative estimate of drug-likeness (QED) is 0.581. The molecule has 0 aliphatic heterocycles. The normalized spacial score (nSPS) is 15.8. The van der Waals surface area contributed by atoms with Crippen molar-refractivity contribution in [1.29, 1.82) is 0 Å². The number of aryl methyl sites for hydroxylation is 4. The zero-order valence-corrected chi connectivity index (χ0v) is 13.6. The van der Waals surface area contributed by atoms with Crippen LogP contribution >= 0.6 is 0 Å². The van der Waals surface area contributed by atoms with Gasteiger partial charge in [-0.1, -0.05) is 30.3 Å². The summed E-state index contributed by atoms with van der Waals surface area (Å²) in [7, 11) is 1.95. The summed E-state index contributed by atoms with van der Waals surface area (Å²) >= 11 is 0. The Bertz CT molecular complexity index is 1030. The molecule has 0 saturated heterocycles. The van der Waals surface area contributed by atoms with Crippen LogP contribution in [0.5, 0.6) is 0 Å². The van der Waals surface area contributed by atoms with Gasteiger partial charge in [-0.05, 0) is 67.0 Å². The molecule has 2 aromatic carbocycles. The van der Waals surface area contributed by atoms with Crippen molar-refractivity contribution in [2.45, 2.75) is 27.6 Å². The van der Waals surface area contributed by atoms with Gasteiger partial charge in [0.15, 0.2) is 6.20 Å². The van der Waals surface area contributed by atoms with Crippen LogP contribution in [-0.4, -0.2) is 0 Å². The molecule has 0 unspecified atom stereocenters. The molecular weight excluding hydrogens is 278 g/mol. The van der Waals surface area contributed by atoms with Crippen molar-refractivity contribution in [2.75, 3.05) is 0 Å². The summed E-state index contributed by atoms with van der Waals surface area (Å²) in [6.45, 7) is -1.18. The number of benzene rings is 2. The van der Waals surface area contributed by atoms with Gasteiger partial charge in [0, 0.05) is 25.9 Å². The van der Waals surface area contributed by atoms with Crippen molar-refractivity contribution >= 4 is 0 Å². The van der Waals surface area contributed by atoms with Gasteiger partial charge in [0.2, 0.25) is 5.69 Å². The van der Waals surface area contributed by atoms with Gasteiger partial charge in [0.1, 0.15) is 7.05 Å². The molecule has 1 heterocycles. The smallest absolute Gasteiger partial charge is 0.201 e. The van der Waals surface area contributed by atoms with Crippen LogP contribution in [0.4, 0.5) is 0 Å². The summed E-state index contributed by atoms with van der Waals surface area (Å²) in [6.07, 6.45) is 1.90. The molecule has 3 aromatic rings. The predicted octanol–water partition coefficient (Wildman–Crippen LogP) is 5.08. The average molecular weight is 308 g/mol. The van der Waals surface area contributed by atoms with Crippen molar-refractivity contribution < 1.29 is 12.8 Å². The SMILES string of the molecule is [2H]C([2H])([2H])c1cc(-c2cc[n+](C)c(-c3ccccc3C)c2)cc(C([2H])([2H])[2H])c1C. The monoisotopic (exact) mass is 308 g/mol. The maximum absolute atomic E-state index is 7.86. The molecule has 0 bridgehead atoms. The lowest BCUT2D eigenvalue weighted by atomic mass is 9.95. The largest absolute Gasteiger partial charge is 0.213 e. The predicted molar refractivity (Wildman–Crippen MR) is 97.4 cm³/mol. The lowest BCUT2D eigenvalue weighted by Gasteiger charge is -2.10. The van der Waals surface area contributed by atoms with Crippen molar-refractivity contribution in [3.8, 4) is 22.4 Å². The van der Waals surface area contributed by atoms with Gasteiger partial charge in [0.05, 0.1) is 0 Å². The van der Waals surface area contributed by atoms with Crippen LogP contribution in [0.25, 0.3) is 22.4 Å². The van der Waals surface area contributed by atoms with Crippen molar-refractivity contribution in [3.05, 3.63) is 77.0 Å². The zero-order valence-electron chi connectivity index (χ0n) is 19.6. The molecule has 116 valence electrons. The first-order valence-electron chi connectivity index (χ1n) is 10.6. The van der Waals surface area contributed by atoms with E-state index in [9.17, 15) is 0 Å². The van der Waals surface area contributed by atoms with Gasteiger partial charge in [-0.2, -0.15) is 0 Å². The first-order chi connectivity index (χ1) is 13.4. The van der Waals surface area contributed by atoms with Gasteiger partial charge in [-0.15, -0.1) is 0 Å². The molecule has 0 fully saturated rings. The van der Waals surface area contributed by atoms with Crippen LogP contribution < -0.4 is 4.57 Å². The number of pyridine rings is 1. The summed E-state index contributed by atoms with van der Waals surface area (Å²) in [5.41, 5.74) is 4.97. The fourth-order valence-electron chi connectivity index (χ4n) is 2.76. The molecule has 1 nitrogen and oxygen atoms in total. The second-order valence-electron chi connectivity index (χ2n) is 5.92. The van der Waals surface area contributed by atoms with Gasteiger partial charge in [0.25, 0.3) is 0 Å². The Morgan fingerprint density at radius 2 is 1.52 bits per heavy atom. The lowest BCUT2D eigenvalue weighted by molar-refractivity contribution is -0.660. The van der Waals surface area contributed by atoms with Crippen molar-refractivity contribution in [2.24, 2.45) is 7.05 Å².